The van der Waals surface area contributed by atoms with E-state index in [1.807, 2.05) is 13.0 Å². The molecule has 0 radical (unpaired) electrons. The van der Waals surface area contributed by atoms with E-state index in [0.717, 1.165) is 10.9 Å². The highest BCUT2D eigenvalue weighted by Crippen LogP contribution is 2.16. The van der Waals surface area contributed by atoms with E-state index in [1.165, 1.54) is 6.07 Å². The zero-order chi connectivity index (χ0) is 14.3. The molecule has 1 aromatic carbocycles. The van der Waals surface area contributed by atoms with Crippen molar-refractivity contribution in [3.8, 4) is 0 Å². The monoisotopic (exact) mass is 366 g/mol. The molecule has 0 aliphatic carbocycles. The van der Waals surface area contributed by atoms with Crippen LogP contribution < -0.4 is 11.1 Å². The first-order chi connectivity index (χ1) is 9.04. The molecule has 20 heavy (non-hydrogen) atoms. The maximum Gasteiger partial charge on any atom is 0.236 e. The van der Waals surface area contributed by atoms with Crippen LogP contribution in [0.5, 0.6) is 0 Å². The minimum Gasteiger partial charge on any atom is -0.355 e. The highest BCUT2D eigenvalue weighted by molar-refractivity contribution is 9.10. The topological polar surface area (TPSA) is 55.1 Å². The van der Waals surface area contributed by atoms with Gasteiger partial charge in [-0.3, -0.25) is 4.79 Å². The van der Waals surface area contributed by atoms with E-state index in [9.17, 15) is 9.18 Å². The Morgan fingerprint density at radius 2 is 2.20 bits per heavy atom. The normalized spacial score (nSPS) is 11.6. The van der Waals surface area contributed by atoms with Gasteiger partial charge in [0.05, 0.1) is 6.04 Å². The third-order valence-electron chi connectivity index (χ3n) is 2.87. The van der Waals surface area contributed by atoms with Crippen molar-refractivity contribution in [2.45, 2.75) is 38.6 Å². The van der Waals surface area contributed by atoms with Crippen LogP contribution in [0, 0.1) is 5.82 Å². The maximum atomic E-state index is 13.5. The lowest BCUT2D eigenvalue weighted by atomic mass is 10.1. The first kappa shape index (κ1) is 19.4. The second kappa shape index (κ2) is 10.1. The van der Waals surface area contributed by atoms with Crippen LogP contribution in [0.15, 0.2) is 22.7 Å². The first-order valence-electron chi connectivity index (χ1n) is 6.51. The second-order valence-corrected chi connectivity index (χ2v) is 5.44. The quantitative estimate of drug-likeness (QED) is 0.727. The molecule has 114 valence electrons. The number of benzene rings is 1. The van der Waals surface area contributed by atoms with Crippen molar-refractivity contribution in [2.75, 3.05) is 6.54 Å². The number of nitrogens with one attached hydrogen (secondary N) is 1. The molecule has 0 saturated carbocycles. The van der Waals surface area contributed by atoms with E-state index < -0.39 is 6.04 Å². The summed E-state index contributed by atoms with van der Waals surface area (Å²) in [6, 6.07) is 4.58. The molecular weight excluding hydrogens is 347 g/mol. The molecule has 0 bridgehead atoms. The van der Waals surface area contributed by atoms with Gasteiger partial charge >= 0.3 is 0 Å². The minimum atomic E-state index is -0.436. The summed E-state index contributed by atoms with van der Waals surface area (Å²) in [5.41, 5.74) is 6.35. The Balaban J connectivity index is 0.00000361. The standard InChI is InChI=1S/C14H20BrFN2O.ClH/c1-2-4-13(17)14(19)18-8-3-5-10-6-7-11(15)9-12(10)16;/h6-7,9,13H,2-5,8,17H2,1H3,(H,18,19);1H. The minimum absolute atomic E-state index is 0. The summed E-state index contributed by atoms with van der Waals surface area (Å²) in [5, 5.41) is 2.77. The van der Waals surface area contributed by atoms with Gasteiger partial charge in [0.25, 0.3) is 0 Å². The fourth-order valence-corrected chi connectivity index (χ4v) is 2.12. The number of carbonyl (C=O) groups excluding carboxylic acids is 1. The number of aryl methyl sites for hydroxylation is 1. The summed E-state index contributed by atoms with van der Waals surface area (Å²) in [6.45, 7) is 2.51. The summed E-state index contributed by atoms with van der Waals surface area (Å²) < 4.78 is 14.3. The first-order valence-corrected chi connectivity index (χ1v) is 7.31. The van der Waals surface area contributed by atoms with Crippen LogP contribution in [0.4, 0.5) is 4.39 Å². The average Bonchev–Trinajstić information content (AvgIpc) is 2.36. The molecule has 1 rings (SSSR count). The van der Waals surface area contributed by atoms with E-state index >= 15 is 0 Å². The number of rotatable bonds is 7. The smallest absolute Gasteiger partial charge is 0.236 e. The lowest BCUT2D eigenvalue weighted by Crippen LogP contribution is -2.40. The van der Waals surface area contributed by atoms with Crippen molar-refractivity contribution in [3.63, 3.8) is 0 Å². The van der Waals surface area contributed by atoms with Crippen molar-refractivity contribution >= 4 is 34.2 Å². The second-order valence-electron chi connectivity index (χ2n) is 4.53. The van der Waals surface area contributed by atoms with Gasteiger partial charge in [0.2, 0.25) is 5.91 Å². The Morgan fingerprint density at radius 1 is 1.50 bits per heavy atom. The van der Waals surface area contributed by atoms with Crippen LogP contribution in [0.1, 0.15) is 31.7 Å². The zero-order valence-corrected chi connectivity index (χ0v) is 13.9. The number of amides is 1. The Morgan fingerprint density at radius 3 is 2.80 bits per heavy atom. The van der Waals surface area contributed by atoms with E-state index in [0.29, 0.717) is 31.4 Å². The average molecular weight is 368 g/mol. The molecule has 1 amide bonds. The zero-order valence-electron chi connectivity index (χ0n) is 11.5. The van der Waals surface area contributed by atoms with E-state index in [1.54, 1.807) is 6.07 Å². The summed E-state index contributed by atoms with van der Waals surface area (Å²) in [7, 11) is 0. The Hall–Kier alpha value is -0.650. The third kappa shape index (κ3) is 6.68. The van der Waals surface area contributed by atoms with Crippen LogP contribution in [0.3, 0.4) is 0 Å². The predicted molar refractivity (Wildman–Crippen MR) is 85.6 cm³/mol. The molecule has 0 aromatic heterocycles. The van der Waals surface area contributed by atoms with Gasteiger partial charge in [-0.2, -0.15) is 0 Å². The number of carbonyl (C=O) groups is 1. The van der Waals surface area contributed by atoms with Gasteiger partial charge < -0.3 is 11.1 Å². The summed E-state index contributed by atoms with van der Waals surface area (Å²) in [6.07, 6.45) is 2.87. The summed E-state index contributed by atoms with van der Waals surface area (Å²) in [5.74, 6) is -0.346. The molecule has 1 aromatic rings. The van der Waals surface area contributed by atoms with Crippen molar-refractivity contribution < 1.29 is 9.18 Å². The molecule has 6 heteroatoms. The predicted octanol–water partition coefficient (Wildman–Crippen LogP) is 3.19. The number of hydrogen-bond acceptors (Lipinski definition) is 2. The fourth-order valence-electron chi connectivity index (χ4n) is 1.79. The Bertz CT molecular complexity index is 432. The summed E-state index contributed by atoms with van der Waals surface area (Å²) >= 11 is 3.22. The lowest BCUT2D eigenvalue weighted by molar-refractivity contribution is -0.122. The molecule has 1 atom stereocenters. The van der Waals surface area contributed by atoms with Crippen molar-refractivity contribution in [1.82, 2.24) is 5.32 Å². The molecule has 0 saturated heterocycles. The van der Waals surface area contributed by atoms with Crippen LogP contribution in [0.25, 0.3) is 0 Å². The molecule has 0 aliphatic rings. The summed E-state index contributed by atoms with van der Waals surface area (Å²) in [4.78, 5) is 11.5. The SMILES string of the molecule is CCCC(N)C(=O)NCCCc1ccc(Br)cc1F.Cl. The van der Waals surface area contributed by atoms with Gasteiger partial charge in [-0.05, 0) is 37.0 Å². The molecule has 0 heterocycles. The molecule has 1 unspecified atom stereocenters. The number of halogens is 3. The van der Waals surface area contributed by atoms with E-state index in [-0.39, 0.29) is 24.1 Å². The highest BCUT2D eigenvalue weighted by atomic mass is 79.9. The number of hydrogen-bond donors (Lipinski definition) is 2. The molecule has 0 spiro atoms. The van der Waals surface area contributed by atoms with Crippen LogP contribution in [-0.4, -0.2) is 18.5 Å². The molecular formula is C14H21BrClFN2O. The highest BCUT2D eigenvalue weighted by Gasteiger charge is 2.11. The van der Waals surface area contributed by atoms with Gasteiger partial charge in [0, 0.05) is 11.0 Å². The van der Waals surface area contributed by atoms with Crippen molar-refractivity contribution in [3.05, 3.63) is 34.1 Å². The molecule has 3 nitrogen and oxygen atoms in total. The Labute approximate surface area is 134 Å². The van der Waals surface area contributed by atoms with Crippen molar-refractivity contribution in [2.24, 2.45) is 5.73 Å². The van der Waals surface area contributed by atoms with Crippen LogP contribution in [0.2, 0.25) is 0 Å². The van der Waals surface area contributed by atoms with Crippen LogP contribution >= 0.6 is 28.3 Å². The van der Waals surface area contributed by atoms with Gasteiger partial charge in [0.1, 0.15) is 5.82 Å². The van der Waals surface area contributed by atoms with E-state index in [2.05, 4.69) is 21.2 Å². The molecule has 3 N–H and O–H groups in total. The number of nitrogens with two attached hydrogens (primary N) is 1. The fraction of sp³-hybridized carbons (Fsp3) is 0.500. The van der Waals surface area contributed by atoms with Gasteiger partial charge in [0.15, 0.2) is 0 Å². The molecule has 0 aliphatic heterocycles. The Kier molecular flexibility index (Phi) is 9.80. The maximum absolute atomic E-state index is 13.5. The van der Waals surface area contributed by atoms with E-state index in [4.69, 9.17) is 5.73 Å². The lowest BCUT2D eigenvalue weighted by Gasteiger charge is -2.11. The van der Waals surface area contributed by atoms with Gasteiger partial charge in [-0.25, -0.2) is 4.39 Å². The van der Waals surface area contributed by atoms with Crippen molar-refractivity contribution in [1.29, 1.82) is 0 Å². The molecule has 0 fully saturated rings. The van der Waals surface area contributed by atoms with Gasteiger partial charge in [-0.15, -0.1) is 12.4 Å². The third-order valence-corrected chi connectivity index (χ3v) is 3.37. The van der Waals surface area contributed by atoms with Gasteiger partial charge in [-0.1, -0.05) is 35.3 Å². The van der Waals surface area contributed by atoms with Crippen LogP contribution in [-0.2, 0) is 11.2 Å². The largest absolute Gasteiger partial charge is 0.355 e.